The van der Waals surface area contributed by atoms with E-state index in [0.29, 0.717) is 32.2 Å². The van der Waals surface area contributed by atoms with Crippen molar-refractivity contribution in [3.05, 3.63) is 99.0 Å². The summed E-state index contributed by atoms with van der Waals surface area (Å²) in [4.78, 5) is 16.7. The van der Waals surface area contributed by atoms with Gasteiger partial charge in [0.2, 0.25) is 0 Å². The lowest BCUT2D eigenvalue weighted by Gasteiger charge is -2.16. The van der Waals surface area contributed by atoms with E-state index in [1.807, 2.05) is 29.7 Å². The molecule has 2 heterocycles. The predicted molar refractivity (Wildman–Crippen MR) is 133 cm³/mol. The molecule has 34 heavy (non-hydrogen) atoms. The lowest BCUT2D eigenvalue weighted by atomic mass is 10.1. The van der Waals surface area contributed by atoms with E-state index in [1.54, 1.807) is 49.4 Å². The highest BCUT2D eigenvalue weighted by atomic mass is 79.9. The average Bonchev–Trinajstić information content (AvgIpc) is 3.20. The molecule has 0 saturated carbocycles. The van der Waals surface area contributed by atoms with Gasteiger partial charge in [0.05, 0.1) is 12.3 Å². The van der Waals surface area contributed by atoms with Crippen LogP contribution in [0, 0.1) is 12.7 Å². The molecule has 0 atom stereocenters. The lowest BCUT2D eigenvalue weighted by molar-refractivity contribution is 0.0519. The largest absolute Gasteiger partial charge is 0.488 e. The molecule has 0 aliphatic carbocycles. The van der Waals surface area contributed by atoms with E-state index in [0.717, 1.165) is 11.4 Å². The van der Waals surface area contributed by atoms with Crippen molar-refractivity contribution in [3.8, 4) is 22.8 Å². The monoisotopic (exact) mass is 542 g/mol. The maximum Gasteiger partial charge on any atom is 0.356 e. The fraction of sp³-hybridized carbons (Fsp3) is 0.154. The van der Waals surface area contributed by atoms with Crippen LogP contribution in [0.4, 0.5) is 4.39 Å². The van der Waals surface area contributed by atoms with Crippen molar-refractivity contribution in [2.75, 3.05) is 6.61 Å². The number of esters is 1. The Kier molecular flexibility index (Phi) is 7.34. The van der Waals surface area contributed by atoms with Gasteiger partial charge in [-0.05, 0) is 68.4 Å². The molecule has 4 rings (SSSR count). The highest BCUT2D eigenvalue weighted by Gasteiger charge is 2.18. The van der Waals surface area contributed by atoms with Crippen LogP contribution in [0.1, 0.15) is 28.7 Å². The number of halogens is 3. The fourth-order valence-corrected chi connectivity index (χ4v) is 4.05. The van der Waals surface area contributed by atoms with Crippen molar-refractivity contribution in [3.63, 3.8) is 0 Å². The number of benzene rings is 2. The first-order valence-electron chi connectivity index (χ1n) is 10.6. The van der Waals surface area contributed by atoms with Gasteiger partial charge >= 0.3 is 5.97 Å². The van der Waals surface area contributed by atoms with Gasteiger partial charge in [-0.2, -0.15) is 0 Å². The number of carbonyl (C=O) groups is 1. The number of rotatable bonds is 7. The van der Waals surface area contributed by atoms with E-state index >= 15 is 0 Å². The zero-order chi connectivity index (χ0) is 24.2. The summed E-state index contributed by atoms with van der Waals surface area (Å²) in [5, 5.41) is 0.524. The van der Waals surface area contributed by atoms with E-state index in [1.165, 1.54) is 6.07 Å². The molecule has 0 saturated heterocycles. The molecule has 0 aliphatic rings. The molecular formula is C26H21BrClFN2O3. The molecule has 4 aromatic rings. The van der Waals surface area contributed by atoms with Gasteiger partial charge in [0.25, 0.3) is 0 Å². The summed E-state index contributed by atoms with van der Waals surface area (Å²) < 4.78 is 28.0. The van der Waals surface area contributed by atoms with Crippen molar-refractivity contribution < 1.29 is 18.7 Å². The molecule has 2 aromatic carbocycles. The second-order valence-electron chi connectivity index (χ2n) is 7.46. The third-order valence-corrected chi connectivity index (χ3v) is 5.87. The van der Waals surface area contributed by atoms with Crippen molar-refractivity contribution in [1.29, 1.82) is 0 Å². The minimum absolute atomic E-state index is 0.0457. The quantitative estimate of drug-likeness (QED) is 0.232. The summed E-state index contributed by atoms with van der Waals surface area (Å²) in [6.45, 7) is 3.99. The molecule has 0 amide bonds. The first kappa shape index (κ1) is 24.0. The van der Waals surface area contributed by atoms with Gasteiger partial charge < -0.3 is 9.47 Å². The molecule has 5 nitrogen and oxygen atoms in total. The van der Waals surface area contributed by atoms with Crippen LogP contribution >= 0.6 is 27.5 Å². The molecule has 0 bridgehead atoms. The van der Waals surface area contributed by atoms with Crippen molar-refractivity contribution in [1.82, 2.24) is 9.55 Å². The maximum absolute atomic E-state index is 14.3. The second kappa shape index (κ2) is 10.4. The second-order valence-corrected chi connectivity index (χ2v) is 8.81. The molecular weight excluding hydrogens is 523 g/mol. The Labute approximate surface area is 210 Å². The van der Waals surface area contributed by atoms with Crippen molar-refractivity contribution in [2.45, 2.75) is 20.5 Å². The van der Waals surface area contributed by atoms with Gasteiger partial charge in [0.1, 0.15) is 24.0 Å². The number of hydrogen-bond acceptors (Lipinski definition) is 4. The highest BCUT2D eigenvalue weighted by molar-refractivity contribution is 9.10. The average molecular weight is 544 g/mol. The minimum atomic E-state index is -0.487. The van der Waals surface area contributed by atoms with Gasteiger partial charge in [-0.15, -0.1) is 0 Å². The smallest absolute Gasteiger partial charge is 0.356 e. The Balaban J connectivity index is 1.73. The molecule has 0 unspecified atom stereocenters. The fourth-order valence-electron chi connectivity index (χ4n) is 3.54. The standard InChI is InChI=1S/C26H21BrClFN2O3/c1-3-33-26(32)22-5-4-6-25(30-22)31-16(2)7-11-23(31)20-14-19(28)10-12-24(20)34-15-17-8-9-18(27)13-21(17)29/h4-14H,3,15H2,1-2H3. The molecule has 8 heteroatoms. The van der Waals surface area contributed by atoms with Gasteiger partial charge in [-0.25, -0.2) is 14.2 Å². The van der Waals surface area contributed by atoms with Gasteiger partial charge in [0, 0.05) is 26.3 Å². The molecule has 0 aliphatic heterocycles. The van der Waals surface area contributed by atoms with E-state index in [2.05, 4.69) is 20.9 Å². The third kappa shape index (κ3) is 5.16. The van der Waals surface area contributed by atoms with Crippen molar-refractivity contribution in [2.24, 2.45) is 0 Å². The topological polar surface area (TPSA) is 53.4 Å². The zero-order valence-electron chi connectivity index (χ0n) is 18.5. The van der Waals surface area contributed by atoms with E-state index < -0.39 is 5.97 Å². The number of aromatic nitrogens is 2. The summed E-state index contributed by atoms with van der Waals surface area (Å²) >= 11 is 9.59. The van der Waals surface area contributed by atoms with Crippen LogP contribution in [0.2, 0.25) is 5.02 Å². The lowest BCUT2D eigenvalue weighted by Crippen LogP contribution is -2.10. The Hall–Kier alpha value is -3.16. The predicted octanol–water partition coefficient (Wildman–Crippen LogP) is 7.16. The van der Waals surface area contributed by atoms with Gasteiger partial charge in [-0.3, -0.25) is 4.57 Å². The Morgan fingerprint density at radius 3 is 2.71 bits per heavy atom. The van der Waals surface area contributed by atoms with Crippen LogP contribution < -0.4 is 4.74 Å². The maximum atomic E-state index is 14.3. The molecule has 0 fully saturated rings. The summed E-state index contributed by atoms with van der Waals surface area (Å²) in [7, 11) is 0. The number of hydrogen-bond donors (Lipinski definition) is 0. The van der Waals surface area contributed by atoms with Gasteiger partial charge in [-0.1, -0.05) is 39.7 Å². The van der Waals surface area contributed by atoms with Gasteiger partial charge in [0.15, 0.2) is 5.69 Å². The Morgan fingerprint density at radius 1 is 1.12 bits per heavy atom. The first-order valence-corrected chi connectivity index (χ1v) is 11.7. The first-order chi connectivity index (χ1) is 16.4. The molecule has 0 radical (unpaired) electrons. The molecule has 0 spiro atoms. The van der Waals surface area contributed by atoms with Crippen LogP contribution in [0.15, 0.2) is 71.2 Å². The molecule has 0 N–H and O–H groups in total. The van der Waals surface area contributed by atoms with E-state index in [-0.39, 0.29) is 24.7 Å². The number of carbonyl (C=O) groups excluding carboxylic acids is 1. The van der Waals surface area contributed by atoms with E-state index in [4.69, 9.17) is 21.1 Å². The number of ether oxygens (including phenoxy) is 2. The normalized spacial score (nSPS) is 10.9. The summed E-state index contributed by atoms with van der Waals surface area (Å²) in [5.41, 5.74) is 3.01. The molecule has 174 valence electrons. The van der Waals surface area contributed by atoms with Crippen LogP contribution in [0.25, 0.3) is 17.1 Å². The summed E-state index contributed by atoms with van der Waals surface area (Å²) in [6, 6.07) is 19.1. The Morgan fingerprint density at radius 2 is 1.94 bits per heavy atom. The SMILES string of the molecule is CCOC(=O)c1cccc(-n2c(C)ccc2-c2cc(Cl)ccc2OCc2ccc(Br)cc2F)n1. The van der Waals surface area contributed by atoms with Crippen LogP contribution in [0.5, 0.6) is 5.75 Å². The Bertz CT molecular complexity index is 1360. The number of aryl methyl sites for hydroxylation is 1. The third-order valence-electron chi connectivity index (χ3n) is 5.14. The van der Waals surface area contributed by atoms with Crippen LogP contribution in [0.3, 0.4) is 0 Å². The summed E-state index contributed by atoms with van der Waals surface area (Å²) in [6.07, 6.45) is 0. The van der Waals surface area contributed by atoms with E-state index in [9.17, 15) is 9.18 Å². The van der Waals surface area contributed by atoms with Crippen LogP contribution in [-0.4, -0.2) is 22.1 Å². The minimum Gasteiger partial charge on any atom is -0.488 e. The summed E-state index contributed by atoms with van der Waals surface area (Å²) in [5.74, 6) is 0.239. The number of pyridine rings is 1. The van der Waals surface area contributed by atoms with Crippen LogP contribution in [-0.2, 0) is 11.3 Å². The highest BCUT2D eigenvalue weighted by Crippen LogP contribution is 2.36. The molecule has 2 aromatic heterocycles. The zero-order valence-corrected chi connectivity index (χ0v) is 20.9. The number of nitrogens with zero attached hydrogens (tertiary/aromatic N) is 2. The van der Waals surface area contributed by atoms with Crippen molar-refractivity contribution >= 4 is 33.5 Å².